The molecule has 0 aliphatic heterocycles. The van der Waals surface area contributed by atoms with E-state index in [1.54, 1.807) is 10.7 Å². The van der Waals surface area contributed by atoms with Gasteiger partial charge in [0.1, 0.15) is 4.90 Å². The summed E-state index contributed by atoms with van der Waals surface area (Å²) in [6, 6.07) is 3.11. The van der Waals surface area contributed by atoms with Crippen molar-refractivity contribution in [3.8, 4) is 0 Å². The van der Waals surface area contributed by atoms with Crippen LogP contribution in [0.15, 0.2) is 29.4 Å². The number of sulfonamides is 1. The number of rotatable bonds is 6. The molecule has 0 aromatic carbocycles. The fraction of sp³-hybridized carbons (Fsp3) is 0.385. The normalized spacial score (nSPS) is 11.8. The van der Waals surface area contributed by atoms with Crippen LogP contribution in [0.4, 0.5) is 0 Å². The Balaban J connectivity index is 2.13. The van der Waals surface area contributed by atoms with Crippen molar-refractivity contribution in [2.75, 3.05) is 0 Å². The molecule has 0 saturated heterocycles. The van der Waals surface area contributed by atoms with E-state index in [1.807, 2.05) is 20.2 Å². The van der Waals surface area contributed by atoms with E-state index in [4.69, 9.17) is 5.73 Å². The molecule has 0 aliphatic carbocycles. The highest BCUT2D eigenvalue weighted by Gasteiger charge is 2.16. The fourth-order valence-electron chi connectivity index (χ4n) is 1.98. The van der Waals surface area contributed by atoms with Gasteiger partial charge in [0.2, 0.25) is 10.0 Å². The van der Waals surface area contributed by atoms with E-state index in [9.17, 15) is 8.42 Å². The molecule has 114 valence electrons. The Morgan fingerprint density at radius 3 is 2.71 bits per heavy atom. The molecule has 0 unspecified atom stereocenters. The number of nitrogens with two attached hydrogens (primary N) is 1. The zero-order valence-electron chi connectivity index (χ0n) is 12.1. The number of nitrogens with zero attached hydrogens (tertiary/aromatic N) is 3. The molecule has 7 nitrogen and oxygen atoms in total. The lowest BCUT2D eigenvalue weighted by Crippen LogP contribution is -2.23. The third-order valence-electron chi connectivity index (χ3n) is 3.10. The molecule has 2 heterocycles. The Bertz CT molecular complexity index is 707. The van der Waals surface area contributed by atoms with Crippen LogP contribution in [0.1, 0.15) is 23.9 Å². The van der Waals surface area contributed by atoms with Crippen molar-refractivity contribution >= 4 is 10.0 Å². The summed E-state index contributed by atoms with van der Waals surface area (Å²) in [5.74, 6) is 0. The van der Waals surface area contributed by atoms with Gasteiger partial charge in [-0.25, -0.2) is 13.1 Å². The number of hydrogen-bond donors (Lipinski definition) is 2. The first-order chi connectivity index (χ1) is 9.96. The molecule has 0 saturated carbocycles. The maximum atomic E-state index is 12.2. The van der Waals surface area contributed by atoms with E-state index in [-0.39, 0.29) is 18.0 Å². The molecule has 0 radical (unpaired) electrons. The molecular formula is C13H19N5O2S. The van der Waals surface area contributed by atoms with Crippen molar-refractivity contribution in [1.82, 2.24) is 19.5 Å². The molecule has 8 heteroatoms. The van der Waals surface area contributed by atoms with E-state index < -0.39 is 10.0 Å². The van der Waals surface area contributed by atoms with Gasteiger partial charge in [0.05, 0.1) is 11.4 Å². The van der Waals surface area contributed by atoms with Crippen LogP contribution in [0.5, 0.6) is 0 Å². The summed E-state index contributed by atoms with van der Waals surface area (Å²) >= 11 is 0. The summed E-state index contributed by atoms with van der Waals surface area (Å²) < 4.78 is 28.6. The second-order valence-electron chi connectivity index (χ2n) is 4.64. The zero-order valence-corrected chi connectivity index (χ0v) is 12.9. The SMILES string of the molecule is CCc1nn(C)cc1CNS(=O)(=O)c1ccc(CN)nc1. The lowest BCUT2D eigenvalue weighted by molar-refractivity contribution is 0.580. The van der Waals surface area contributed by atoms with Crippen LogP contribution in [0.2, 0.25) is 0 Å². The predicted octanol–water partition coefficient (Wildman–Crippen LogP) is 0.315. The zero-order chi connectivity index (χ0) is 15.5. The minimum atomic E-state index is -3.59. The molecule has 2 rings (SSSR count). The summed E-state index contributed by atoms with van der Waals surface area (Å²) in [5.41, 5.74) is 7.85. The Morgan fingerprint density at radius 1 is 1.38 bits per heavy atom. The van der Waals surface area contributed by atoms with Crippen molar-refractivity contribution in [3.05, 3.63) is 41.5 Å². The van der Waals surface area contributed by atoms with Crippen LogP contribution in [0, 0.1) is 0 Å². The smallest absolute Gasteiger partial charge is 0.242 e. The first-order valence-electron chi connectivity index (χ1n) is 6.62. The third kappa shape index (κ3) is 3.66. The van der Waals surface area contributed by atoms with Crippen molar-refractivity contribution in [2.45, 2.75) is 31.3 Å². The minimum absolute atomic E-state index is 0.127. The average Bonchev–Trinajstić information content (AvgIpc) is 2.85. The molecule has 0 aliphatic rings. The van der Waals surface area contributed by atoms with E-state index in [0.717, 1.165) is 17.7 Å². The van der Waals surface area contributed by atoms with Crippen molar-refractivity contribution < 1.29 is 8.42 Å². The van der Waals surface area contributed by atoms with Gasteiger partial charge in [-0.3, -0.25) is 9.67 Å². The van der Waals surface area contributed by atoms with E-state index in [2.05, 4.69) is 14.8 Å². The topological polar surface area (TPSA) is 103 Å². The molecule has 21 heavy (non-hydrogen) atoms. The van der Waals surface area contributed by atoms with E-state index in [0.29, 0.717) is 5.69 Å². The van der Waals surface area contributed by atoms with Crippen LogP contribution in [0.25, 0.3) is 0 Å². The number of aryl methyl sites for hydroxylation is 2. The van der Waals surface area contributed by atoms with Crippen LogP contribution in [-0.2, 0) is 36.6 Å². The maximum absolute atomic E-state index is 12.2. The Hall–Kier alpha value is -1.77. The minimum Gasteiger partial charge on any atom is -0.325 e. The van der Waals surface area contributed by atoms with Gasteiger partial charge in [0, 0.05) is 38.1 Å². The number of hydrogen-bond acceptors (Lipinski definition) is 5. The van der Waals surface area contributed by atoms with Crippen LogP contribution >= 0.6 is 0 Å². The Morgan fingerprint density at radius 2 is 2.14 bits per heavy atom. The molecule has 0 bridgehead atoms. The molecule has 0 amide bonds. The summed E-state index contributed by atoms with van der Waals surface area (Å²) in [6.07, 6.45) is 3.89. The molecular weight excluding hydrogens is 290 g/mol. The number of nitrogens with one attached hydrogen (secondary N) is 1. The largest absolute Gasteiger partial charge is 0.325 e. The molecule has 2 aromatic heterocycles. The molecule has 3 N–H and O–H groups in total. The van der Waals surface area contributed by atoms with Gasteiger partial charge in [0.25, 0.3) is 0 Å². The number of pyridine rings is 1. The van der Waals surface area contributed by atoms with Gasteiger partial charge < -0.3 is 5.73 Å². The lowest BCUT2D eigenvalue weighted by Gasteiger charge is -2.06. The summed E-state index contributed by atoms with van der Waals surface area (Å²) in [4.78, 5) is 4.12. The molecule has 2 aromatic rings. The third-order valence-corrected chi connectivity index (χ3v) is 4.48. The predicted molar refractivity (Wildman–Crippen MR) is 78.7 cm³/mol. The Labute approximate surface area is 124 Å². The van der Waals surface area contributed by atoms with Crippen LogP contribution in [0.3, 0.4) is 0 Å². The molecule has 0 spiro atoms. The quantitative estimate of drug-likeness (QED) is 0.799. The monoisotopic (exact) mass is 309 g/mol. The standard InChI is InChI=1S/C13H19N5O2S/c1-3-13-10(9-18(2)17-13)7-16-21(19,20)12-5-4-11(6-14)15-8-12/h4-5,8-9,16H,3,6-7,14H2,1-2H3. The Kier molecular flexibility index (Phi) is 4.71. The summed E-state index contributed by atoms with van der Waals surface area (Å²) in [7, 11) is -1.78. The van der Waals surface area contributed by atoms with E-state index in [1.165, 1.54) is 12.3 Å². The average molecular weight is 309 g/mol. The van der Waals surface area contributed by atoms with Gasteiger partial charge >= 0.3 is 0 Å². The van der Waals surface area contributed by atoms with Gasteiger partial charge in [-0.05, 0) is 18.6 Å². The van der Waals surface area contributed by atoms with E-state index >= 15 is 0 Å². The first kappa shape index (κ1) is 15.6. The van der Waals surface area contributed by atoms with Gasteiger partial charge in [0.15, 0.2) is 0 Å². The molecule has 0 atom stereocenters. The highest BCUT2D eigenvalue weighted by molar-refractivity contribution is 7.89. The van der Waals surface area contributed by atoms with Gasteiger partial charge in [-0.15, -0.1) is 0 Å². The van der Waals surface area contributed by atoms with Gasteiger partial charge in [-0.2, -0.15) is 5.10 Å². The first-order valence-corrected chi connectivity index (χ1v) is 8.10. The summed E-state index contributed by atoms with van der Waals surface area (Å²) in [5, 5.41) is 4.28. The maximum Gasteiger partial charge on any atom is 0.242 e. The van der Waals surface area contributed by atoms with Crippen molar-refractivity contribution in [1.29, 1.82) is 0 Å². The molecule has 0 fully saturated rings. The van der Waals surface area contributed by atoms with Crippen LogP contribution < -0.4 is 10.5 Å². The highest BCUT2D eigenvalue weighted by Crippen LogP contribution is 2.11. The van der Waals surface area contributed by atoms with Crippen LogP contribution in [-0.4, -0.2) is 23.2 Å². The lowest BCUT2D eigenvalue weighted by atomic mass is 10.2. The second kappa shape index (κ2) is 6.33. The highest BCUT2D eigenvalue weighted by atomic mass is 32.2. The van der Waals surface area contributed by atoms with Crippen molar-refractivity contribution in [3.63, 3.8) is 0 Å². The fourth-order valence-corrected chi connectivity index (χ4v) is 2.93. The summed E-state index contributed by atoms with van der Waals surface area (Å²) in [6.45, 7) is 2.47. The van der Waals surface area contributed by atoms with Gasteiger partial charge in [-0.1, -0.05) is 6.92 Å². The second-order valence-corrected chi connectivity index (χ2v) is 6.41. The van der Waals surface area contributed by atoms with Crippen molar-refractivity contribution in [2.24, 2.45) is 12.8 Å². The number of aromatic nitrogens is 3.